The monoisotopic (exact) mass is 329 g/mol. The van der Waals surface area contributed by atoms with E-state index in [0.29, 0.717) is 23.0 Å². The fourth-order valence-electron chi connectivity index (χ4n) is 2.99. The summed E-state index contributed by atoms with van der Waals surface area (Å²) in [6.07, 6.45) is 5.57. The number of aromatic nitrogens is 4. The number of anilines is 1. The van der Waals surface area contributed by atoms with E-state index >= 15 is 0 Å². The van der Waals surface area contributed by atoms with E-state index < -0.39 is 0 Å². The molecule has 0 radical (unpaired) electrons. The maximum absolute atomic E-state index is 14.4. The molecule has 1 aliphatic heterocycles. The van der Waals surface area contributed by atoms with Crippen LogP contribution in [-0.2, 0) is 0 Å². The molecule has 2 atom stereocenters. The fraction of sp³-hybridized carbons (Fsp3) is 0.188. The lowest BCUT2D eigenvalue weighted by atomic mass is 9.94. The predicted molar refractivity (Wildman–Crippen MR) is 84.8 cm³/mol. The molecule has 0 unspecified atom stereocenters. The normalized spacial score (nSPS) is 19.9. The SMILES string of the molecule is Fc1cccc(Cl)c1[C@H]1C[C@H](c2cccnc2)Nc2ncnn21. The lowest BCUT2D eigenvalue weighted by Crippen LogP contribution is -2.28. The van der Waals surface area contributed by atoms with E-state index in [1.165, 1.54) is 12.4 Å². The van der Waals surface area contributed by atoms with Gasteiger partial charge in [0.2, 0.25) is 5.95 Å². The van der Waals surface area contributed by atoms with Crippen molar-refractivity contribution in [2.45, 2.75) is 18.5 Å². The molecule has 3 heterocycles. The van der Waals surface area contributed by atoms with E-state index in [-0.39, 0.29) is 17.9 Å². The number of halogens is 2. The predicted octanol–water partition coefficient (Wildman–Crippen LogP) is 3.61. The second kappa shape index (κ2) is 5.62. The molecule has 1 aromatic carbocycles. The number of rotatable bonds is 2. The highest BCUT2D eigenvalue weighted by Crippen LogP contribution is 2.40. The Morgan fingerprint density at radius 3 is 2.96 bits per heavy atom. The fourth-order valence-corrected chi connectivity index (χ4v) is 3.28. The molecule has 0 bridgehead atoms. The van der Waals surface area contributed by atoms with Crippen LogP contribution in [0, 0.1) is 5.82 Å². The molecule has 1 aliphatic rings. The van der Waals surface area contributed by atoms with Crippen molar-refractivity contribution in [1.29, 1.82) is 0 Å². The van der Waals surface area contributed by atoms with Gasteiger partial charge < -0.3 is 5.32 Å². The second-order valence-corrected chi connectivity index (χ2v) is 5.81. The first-order valence-electron chi connectivity index (χ1n) is 7.24. The first-order chi connectivity index (χ1) is 11.2. The van der Waals surface area contributed by atoms with Crippen LogP contribution >= 0.6 is 11.6 Å². The number of pyridine rings is 1. The van der Waals surface area contributed by atoms with Crippen LogP contribution in [0.15, 0.2) is 49.1 Å². The van der Waals surface area contributed by atoms with Gasteiger partial charge in [-0.05, 0) is 30.2 Å². The molecule has 0 saturated heterocycles. The third-order valence-electron chi connectivity index (χ3n) is 4.05. The first-order valence-corrected chi connectivity index (χ1v) is 7.61. The summed E-state index contributed by atoms with van der Waals surface area (Å²) in [6, 6.07) is 8.20. The van der Waals surface area contributed by atoms with Gasteiger partial charge in [-0.1, -0.05) is 23.7 Å². The third-order valence-corrected chi connectivity index (χ3v) is 4.38. The van der Waals surface area contributed by atoms with Crippen LogP contribution in [0.4, 0.5) is 10.3 Å². The van der Waals surface area contributed by atoms with Crippen molar-refractivity contribution in [2.75, 3.05) is 5.32 Å². The van der Waals surface area contributed by atoms with E-state index in [1.54, 1.807) is 29.2 Å². The summed E-state index contributed by atoms with van der Waals surface area (Å²) >= 11 is 6.26. The highest BCUT2D eigenvalue weighted by atomic mass is 35.5. The van der Waals surface area contributed by atoms with Gasteiger partial charge in [-0.2, -0.15) is 10.1 Å². The van der Waals surface area contributed by atoms with Crippen LogP contribution in [-0.4, -0.2) is 19.7 Å². The van der Waals surface area contributed by atoms with Crippen molar-refractivity contribution in [3.63, 3.8) is 0 Å². The van der Waals surface area contributed by atoms with Crippen LogP contribution in [0.5, 0.6) is 0 Å². The van der Waals surface area contributed by atoms with Crippen molar-refractivity contribution >= 4 is 17.5 Å². The van der Waals surface area contributed by atoms with E-state index in [9.17, 15) is 4.39 Å². The van der Waals surface area contributed by atoms with Crippen molar-refractivity contribution in [3.05, 3.63) is 71.0 Å². The summed E-state index contributed by atoms with van der Waals surface area (Å²) in [5.41, 5.74) is 1.45. The van der Waals surface area contributed by atoms with Crippen LogP contribution in [0.3, 0.4) is 0 Å². The van der Waals surface area contributed by atoms with Crippen molar-refractivity contribution in [1.82, 2.24) is 19.7 Å². The molecular formula is C16H13ClFN5. The van der Waals surface area contributed by atoms with Crippen molar-refractivity contribution in [2.24, 2.45) is 0 Å². The Morgan fingerprint density at radius 2 is 2.17 bits per heavy atom. The van der Waals surface area contributed by atoms with Crippen molar-refractivity contribution < 1.29 is 4.39 Å². The summed E-state index contributed by atoms with van der Waals surface area (Å²) in [5.74, 6) is 0.255. The maximum atomic E-state index is 14.4. The molecule has 1 N–H and O–H groups in total. The molecule has 3 aromatic rings. The smallest absolute Gasteiger partial charge is 0.222 e. The van der Waals surface area contributed by atoms with Gasteiger partial charge in [0.05, 0.1) is 12.1 Å². The molecule has 0 fully saturated rings. The standard InChI is InChI=1S/C16H13ClFN5/c17-11-4-1-5-12(18)15(11)14-7-13(10-3-2-6-19-8-10)22-16-20-9-21-23(14)16/h1-6,8-9,13-14H,7H2,(H,20,21,22)/t13-,14-/m1/s1. The zero-order valence-electron chi connectivity index (χ0n) is 12.0. The van der Waals surface area contributed by atoms with Gasteiger partial charge in [0.25, 0.3) is 0 Å². The number of hydrogen-bond acceptors (Lipinski definition) is 4. The quantitative estimate of drug-likeness (QED) is 0.780. The van der Waals surface area contributed by atoms with Gasteiger partial charge in [-0.3, -0.25) is 4.98 Å². The molecule has 0 amide bonds. The molecule has 5 nitrogen and oxygen atoms in total. The molecule has 0 aliphatic carbocycles. The van der Waals surface area contributed by atoms with Crippen LogP contribution < -0.4 is 5.32 Å². The number of nitrogens with zero attached hydrogens (tertiary/aromatic N) is 4. The Labute approximate surface area is 137 Å². The highest BCUT2D eigenvalue weighted by Gasteiger charge is 2.32. The maximum Gasteiger partial charge on any atom is 0.222 e. The molecule has 2 aromatic heterocycles. The minimum Gasteiger partial charge on any atom is -0.347 e. The minimum absolute atomic E-state index is 0.0407. The molecule has 23 heavy (non-hydrogen) atoms. The van der Waals surface area contributed by atoms with E-state index in [2.05, 4.69) is 20.4 Å². The summed E-state index contributed by atoms with van der Waals surface area (Å²) < 4.78 is 16.1. The van der Waals surface area contributed by atoms with Crippen LogP contribution in [0.25, 0.3) is 0 Å². The Balaban J connectivity index is 1.80. The summed E-state index contributed by atoms with van der Waals surface area (Å²) in [4.78, 5) is 8.38. The molecular weight excluding hydrogens is 317 g/mol. The zero-order valence-corrected chi connectivity index (χ0v) is 12.8. The number of hydrogen-bond donors (Lipinski definition) is 1. The second-order valence-electron chi connectivity index (χ2n) is 5.40. The topological polar surface area (TPSA) is 55.6 Å². The molecule has 7 heteroatoms. The van der Waals surface area contributed by atoms with Gasteiger partial charge >= 0.3 is 0 Å². The van der Waals surface area contributed by atoms with Crippen LogP contribution in [0.2, 0.25) is 5.02 Å². The minimum atomic E-state index is -0.337. The van der Waals surface area contributed by atoms with Gasteiger partial charge in [0.1, 0.15) is 12.1 Å². The zero-order chi connectivity index (χ0) is 15.8. The van der Waals surface area contributed by atoms with Gasteiger partial charge in [-0.15, -0.1) is 0 Å². The third kappa shape index (κ3) is 2.45. The average Bonchev–Trinajstić information content (AvgIpc) is 3.04. The first kappa shape index (κ1) is 14.1. The Hall–Kier alpha value is -2.47. The van der Waals surface area contributed by atoms with Crippen molar-refractivity contribution in [3.8, 4) is 0 Å². The lowest BCUT2D eigenvalue weighted by molar-refractivity contribution is 0.415. The lowest BCUT2D eigenvalue weighted by Gasteiger charge is -2.32. The van der Waals surface area contributed by atoms with E-state index in [0.717, 1.165) is 5.56 Å². The number of benzene rings is 1. The number of nitrogens with one attached hydrogen (secondary N) is 1. The molecule has 4 rings (SSSR count). The van der Waals surface area contributed by atoms with Gasteiger partial charge in [0, 0.05) is 23.0 Å². The van der Waals surface area contributed by atoms with Gasteiger partial charge in [0.15, 0.2) is 0 Å². The summed E-state index contributed by atoms with van der Waals surface area (Å²) in [6.45, 7) is 0. The van der Waals surface area contributed by atoms with Crippen LogP contribution in [0.1, 0.15) is 29.6 Å². The average molecular weight is 330 g/mol. The Morgan fingerprint density at radius 1 is 1.26 bits per heavy atom. The summed E-state index contributed by atoms with van der Waals surface area (Å²) in [7, 11) is 0. The number of fused-ring (bicyclic) bond motifs is 1. The van der Waals surface area contributed by atoms with Gasteiger partial charge in [-0.25, -0.2) is 9.07 Å². The molecule has 116 valence electrons. The Kier molecular flexibility index (Phi) is 3.46. The summed E-state index contributed by atoms with van der Waals surface area (Å²) in [5, 5.41) is 7.93. The van der Waals surface area contributed by atoms with E-state index in [4.69, 9.17) is 11.6 Å². The largest absolute Gasteiger partial charge is 0.347 e. The van der Waals surface area contributed by atoms with E-state index in [1.807, 2.05) is 12.1 Å². The molecule has 0 saturated carbocycles. The molecule has 0 spiro atoms. The Bertz CT molecular complexity index is 815. The highest BCUT2D eigenvalue weighted by molar-refractivity contribution is 6.31.